The van der Waals surface area contributed by atoms with E-state index in [0.717, 1.165) is 29.1 Å². The summed E-state index contributed by atoms with van der Waals surface area (Å²) in [7, 11) is 3.52. The van der Waals surface area contributed by atoms with E-state index < -0.39 is 0 Å². The van der Waals surface area contributed by atoms with E-state index in [0.29, 0.717) is 18.7 Å². The number of amides is 1. The molecule has 0 aliphatic heterocycles. The normalized spacial score (nSPS) is 12.0. The summed E-state index contributed by atoms with van der Waals surface area (Å²) in [5, 5.41) is 10.8. The van der Waals surface area contributed by atoms with Crippen molar-refractivity contribution in [3.63, 3.8) is 0 Å². The van der Waals surface area contributed by atoms with Crippen LogP contribution >= 0.6 is 0 Å². The zero-order valence-electron chi connectivity index (χ0n) is 15.7. The van der Waals surface area contributed by atoms with Gasteiger partial charge in [0.25, 0.3) is 5.91 Å². The van der Waals surface area contributed by atoms with Crippen LogP contribution in [-0.2, 0) is 20.1 Å². The Morgan fingerprint density at radius 3 is 2.80 bits per heavy atom. The highest BCUT2D eigenvalue weighted by Gasteiger charge is 2.13. The van der Waals surface area contributed by atoms with Crippen molar-refractivity contribution in [2.45, 2.75) is 46.3 Å². The first-order valence-corrected chi connectivity index (χ1v) is 8.63. The van der Waals surface area contributed by atoms with Crippen molar-refractivity contribution in [1.29, 1.82) is 0 Å². The number of aryl methyl sites for hydroxylation is 2. The number of hydrogen-bond donors (Lipinski definition) is 2. The molecule has 2 aromatic rings. The molecule has 6 nitrogen and oxygen atoms in total. The molecule has 2 rings (SSSR count). The third-order valence-corrected chi connectivity index (χ3v) is 4.29. The lowest BCUT2D eigenvalue weighted by Crippen LogP contribution is -2.32. The van der Waals surface area contributed by atoms with Crippen LogP contribution in [0.15, 0.2) is 24.3 Å². The van der Waals surface area contributed by atoms with E-state index in [1.807, 2.05) is 45.2 Å². The molecule has 1 heterocycles. The number of carbonyl (C=O) groups excluding carboxylic acids is 1. The van der Waals surface area contributed by atoms with Gasteiger partial charge in [-0.3, -0.25) is 4.79 Å². The first-order chi connectivity index (χ1) is 12.0. The van der Waals surface area contributed by atoms with Gasteiger partial charge in [-0.1, -0.05) is 19.1 Å². The zero-order valence-corrected chi connectivity index (χ0v) is 15.7. The largest absolute Gasteiger partial charge is 0.481 e. The van der Waals surface area contributed by atoms with Crippen molar-refractivity contribution in [2.24, 2.45) is 7.05 Å². The molecule has 1 aromatic heterocycles. The van der Waals surface area contributed by atoms with Crippen LogP contribution in [0.25, 0.3) is 0 Å². The van der Waals surface area contributed by atoms with E-state index >= 15 is 0 Å². The molecule has 136 valence electrons. The maximum atomic E-state index is 12.2. The maximum Gasteiger partial charge on any atom is 0.251 e. The Balaban J connectivity index is 1.98. The molecule has 1 atom stereocenters. The summed E-state index contributed by atoms with van der Waals surface area (Å²) in [6, 6.07) is 7.88. The summed E-state index contributed by atoms with van der Waals surface area (Å²) < 4.78 is 7.15. The molecule has 0 saturated carbocycles. The van der Waals surface area contributed by atoms with Crippen molar-refractivity contribution in [2.75, 3.05) is 7.11 Å². The Kier molecular flexibility index (Phi) is 6.58. The smallest absolute Gasteiger partial charge is 0.251 e. The van der Waals surface area contributed by atoms with Crippen molar-refractivity contribution in [3.8, 4) is 5.88 Å². The quantitative estimate of drug-likeness (QED) is 0.772. The highest BCUT2D eigenvalue weighted by molar-refractivity contribution is 5.94. The van der Waals surface area contributed by atoms with Gasteiger partial charge in [0, 0.05) is 31.7 Å². The molecular formula is C19H28N4O2. The predicted octanol–water partition coefficient (Wildman–Crippen LogP) is 2.56. The maximum absolute atomic E-state index is 12.2. The first-order valence-electron chi connectivity index (χ1n) is 8.63. The number of benzene rings is 1. The van der Waals surface area contributed by atoms with Crippen LogP contribution in [0.2, 0.25) is 0 Å². The van der Waals surface area contributed by atoms with Gasteiger partial charge in [-0.2, -0.15) is 5.10 Å². The number of methoxy groups -OCH3 is 1. The van der Waals surface area contributed by atoms with Crippen molar-refractivity contribution in [1.82, 2.24) is 20.4 Å². The second-order valence-corrected chi connectivity index (χ2v) is 6.28. The fraction of sp³-hybridized carbons (Fsp3) is 0.474. The summed E-state index contributed by atoms with van der Waals surface area (Å²) in [5.41, 5.74) is 3.76. The minimum absolute atomic E-state index is 0.0269. The standard InChI is InChI=1S/C19H28N4O2/c1-6-13(2)21-18(24)16-9-7-8-15(10-16)11-20-12-17-14(3)22-23(4)19(17)25-5/h7-10,13,20H,6,11-12H2,1-5H3,(H,21,24). The van der Waals surface area contributed by atoms with Gasteiger partial charge in [-0.05, 0) is 38.0 Å². The van der Waals surface area contributed by atoms with Gasteiger partial charge in [-0.25, -0.2) is 4.68 Å². The monoisotopic (exact) mass is 344 g/mol. The highest BCUT2D eigenvalue weighted by Crippen LogP contribution is 2.20. The molecule has 0 saturated heterocycles. The fourth-order valence-electron chi connectivity index (χ4n) is 2.70. The van der Waals surface area contributed by atoms with Crippen molar-refractivity contribution < 1.29 is 9.53 Å². The number of hydrogen-bond acceptors (Lipinski definition) is 4. The lowest BCUT2D eigenvalue weighted by atomic mass is 10.1. The lowest BCUT2D eigenvalue weighted by Gasteiger charge is -2.12. The lowest BCUT2D eigenvalue weighted by molar-refractivity contribution is 0.0939. The van der Waals surface area contributed by atoms with E-state index in [9.17, 15) is 4.79 Å². The number of ether oxygens (including phenoxy) is 1. The summed E-state index contributed by atoms with van der Waals surface area (Å²) in [4.78, 5) is 12.2. The van der Waals surface area contributed by atoms with Gasteiger partial charge in [0.15, 0.2) is 0 Å². The Hall–Kier alpha value is -2.34. The third kappa shape index (κ3) is 4.82. The second kappa shape index (κ2) is 8.67. The van der Waals surface area contributed by atoms with Crippen LogP contribution in [0.5, 0.6) is 5.88 Å². The molecule has 2 N–H and O–H groups in total. The number of aromatic nitrogens is 2. The molecular weight excluding hydrogens is 316 g/mol. The third-order valence-electron chi connectivity index (χ3n) is 4.29. The number of nitrogens with zero attached hydrogens (tertiary/aromatic N) is 2. The second-order valence-electron chi connectivity index (χ2n) is 6.28. The van der Waals surface area contributed by atoms with Crippen LogP contribution < -0.4 is 15.4 Å². The van der Waals surface area contributed by atoms with Gasteiger partial charge >= 0.3 is 0 Å². The topological polar surface area (TPSA) is 68.2 Å². The van der Waals surface area contributed by atoms with Gasteiger partial charge < -0.3 is 15.4 Å². The molecule has 0 spiro atoms. The Labute approximate surface area is 149 Å². The minimum Gasteiger partial charge on any atom is -0.481 e. The van der Waals surface area contributed by atoms with Gasteiger partial charge in [0.2, 0.25) is 5.88 Å². The molecule has 0 bridgehead atoms. The van der Waals surface area contributed by atoms with E-state index in [2.05, 4.69) is 22.7 Å². The Morgan fingerprint density at radius 1 is 1.36 bits per heavy atom. The van der Waals surface area contributed by atoms with Gasteiger partial charge in [-0.15, -0.1) is 0 Å². The first kappa shape index (κ1) is 19.0. The number of rotatable bonds is 8. The SMILES string of the molecule is CCC(C)NC(=O)c1cccc(CNCc2c(C)nn(C)c2OC)c1. The zero-order chi connectivity index (χ0) is 18.4. The molecule has 25 heavy (non-hydrogen) atoms. The molecule has 0 radical (unpaired) electrons. The summed E-state index contributed by atoms with van der Waals surface area (Å²) in [6.45, 7) is 7.36. The van der Waals surface area contributed by atoms with Crippen molar-refractivity contribution >= 4 is 5.91 Å². The van der Waals surface area contributed by atoms with Crippen LogP contribution in [0.4, 0.5) is 0 Å². The van der Waals surface area contributed by atoms with E-state index in [-0.39, 0.29) is 11.9 Å². The highest BCUT2D eigenvalue weighted by atomic mass is 16.5. The summed E-state index contributed by atoms with van der Waals surface area (Å²) in [5.74, 6) is 0.743. The average molecular weight is 344 g/mol. The van der Waals surface area contributed by atoms with Crippen molar-refractivity contribution in [3.05, 3.63) is 46.6 Å². The molecule has 1 amide bonds. The number of carbonyl (C=O) groups is 1. The predicted molar refractivity (Wildman–Crippen MR) is 98.7 cm³/mol. The molecule has 0 aliphatic rings. The number of nitrogens with one attached hydrogen (secondary N) is 2. The Morgan fingerprint density at radius 2 is 2.12 bits per heavy atom. The van der Waals surface area contributed by atoms with Crippen LogP contribution in [-0.4, -0.2) is 28.8 Å². The van der Waals surface area contributed by atoms with Gasteiger partial charge in [0.1, 0.15) is 0 Å². The van der Waals surface area contributed by atoms with Crippen LogP contribution in [0.3, 0.4) is 0 Å². The molecule has 6 heteroatoms. The summed E-state index contributed by atoms with van der Waals surface area (Å²) >= 11 is 0. The molecule has 0 aliphatic carbocycles. The fourth-order valence-corrected chi connectivity index (χ4v) is 2.70. The van der Waals surface area contributed by atoms with Gasteiger partial charge in [0.05, 0.1) is 18.4 Å². The molecule has 1 aromatic carbocycles. The summed E-state index contributed by atoms with van der Waals surface area (Å²) in [6.07, 6.45) is 0.916. The average Bonchev–Trinajstić information content (AvgIpc) is 2.87. The van der Waals surface area contributed by atoms with Crippen LogP contribution in [0.1, 0.15) is 47.4 Å². The minimum atomic E-state index is -0.0269. The Bertz CT molecular complexity index is 724. The molecule has 0 fully saturated rings. The molecule has 1 unspecified atom stereocenters. The van der Waals surface area contributed by atoms with E-state index in [1.54, 1.807) is 11.8 Å². The van der Waals surface area contributed by atoms with Crippen LogP contribution in [0, 0.1) is 6.92 Å². The van der Waals surface area contributed by atoms with E-state index in [1.165, 1.54) is 0 Å². The van der Waals surface area contributed by atoms with E-state index in [4.69, 9.17) is 4.74 Å².